The molecule has 1 fully saturated rings. The zero-order valence-electron chi connectivity index (χ0n) is 14.6. The van der Waals surface area contributed by atoms with Crippen LogP contribution in [0.15, 0.2) is 30.7 Å². The van der Waals surface area contributed by atoms with Crippen molar-refractivity contribution in [3.8, 4) is 17.4 Å². The first-order valence-corrected chi connectivity index (χ1v) is 8.41. The Balaban J connectivity index is 1.58. The van der Waals surface area contributed by atoms with E-state index in [-0.39, 0.29) is 11.8 Å². The van der Waals surface area contributed by atoms with E-state index in [1.54, 1.807) is 25.6 Å². The minimum Gasteiger partial charge on any atom is -0.479 e. The van der Waals surface area contributed by atoms with Gasteiger partial charge in [-0.15, -0.1) is 15.3 Å². The van der Waals surface area contributed by atoms with Gasteiger partial charge in [0.1, 0.15) is 23.4 Å². The molecule has 0 atom stereocenters. The Morgan fingerprint density at radius 1 is 1.35 bits per heavy atom. The lowest BCUT2D eigenvalue weighted by molar-refractivity contribution is 0.102. The van der Waals surface area contributed by atoms with Crippen molar-refractivity contribution >= 4 is 11.7 Å². The standard InChI is InChI=1S/C17H19N7O2/c1-23-9-12(17(22-23)26-2)16(25)20-14-8-4-7-13(19-14)15-21-18-10-24(15)11-5-3-6-11/h4,7-11H,3,5-6H2,1-2H3,(H,19,20,25). The fraction of sp³-hybridized carbons (Fsp3) is 0.353. The molecule has 0 bridgehead atoms. The maximum absolute atomic E-state index is 12.5. The number of amides is 1. The summed E-state index contributed by atoms with van der Waals surface area (Å²) in [6, 6.07) is 5.85. The van der Waals surface area contributed by atoms with Crippen LogP contribution in [0.4, 0.5) is 5.82 Å². The van der Waals surface area contributed by atoms with E-state index in [9.17, 15) is 4.79 Å². The smallest absolute Gasteiger partial charge is 0.263 e. The molecule has 134 valence electrons. The minimum absolute atomic E-state index is 0.269. The Morgan fingerprint density at radius 2 is 2.19 bits per heavy atom. The molecule has 3 heterocycles. The van der Waals surface area contributed by atoms with Crippen molar-refractivity contribution in [2.75, 3.05) is 12.4 Å². The average molecular weight is 353 g/mol. The van der Waals surface area contributed by atoms with Crippen LogP contribution in [0, 0.1) is 0 Å². The van der Waals surface area contributed by atoms with Gasteiger partial charge < -0.3 is 14.6 Å². The zero-order chi connectivity index (χ0) is 18.1. The maximum Gasteiger partial charge on any atom is 0.263 e. The molecule has 3 aromatic heterocycles. The molecule has 0 aromatic carbocycles. The average Bonchev–Trinajstić information content (AvgIpc) is 3.20. The lowest BCUT2D eigenvalue weighted by Gasteiger charge is -2.27. The molecule has 0 radical (unpaired) electrons. The number of anilines is 1. The summed E-state index contributed by atoms with van der Waals surface area (Å²) in [7, 11) is 3.21. The monoisotopic (exact) mass is 353 g/mol. The van der Waals surface area contributed by atoms with Crippen molar-refractivity contribution in [2.45, 2.75) is 25.3 Å². The number of hydrogen-bond acceptors (Lipinski definition) is 6. The number of aromatic nitrogens is 6. The molecular formula is C17H19N7O2. The predicted octanol–water partition coefficient (Wildman–Crippen LogP) is 2.06. The molecule has 4 rings (SSSR count). The van der Waals surface area contributed by atoms with Crippen molar-refractivity contribution in [1.29, 1.82) is 0 Å². The van der Waals surface area contributed by atoms with Gasteiger partial charge in [-0.2, -0.15) is 0 Å². The van der Waals surface area contributed by atoms with Crippen molar-refractivity contribution in [1.82, 2.24) is 29.5 Å². The van der Waals surface area contributed by atoms with E-state index in [2.05, 4.69) is 30.2 Å². The van der Waals surface area contributed by atoms with E-state index in [0.29, 0.717) is 28.9 Å². The lowest BCUT2D eigenvalue weighted by atomic mass is 9.93. The van der Waals surface area contributed by atoms with E-state index in [1.165, 1.54) is 18.2 Å². The highest BCUT2D eigenvalue weighted by Crippen LogP contribution is 2.34. The van der Waals surface area contributed by atoms with Crippen molar-refractivity contribution < 1.29 is 9.53 Å². The number of aryl methyl sites for hydroxylation is 1. The molecule has 0 spiro atoms. The first-order chi connectivity index (χ1) is 12.7. The van der Waals surface area contributed by atoms with Crippen molar-refractivity contribution in [2.24, 2.45) is 7.05 Å². The normalized spacial score (nSPS) is 14.1. The molecule has 0 aliphatic heterocycles. The number of hydrogen-bond donors (Lipinski definition) is 1. The molecule has 0 saturated heterocycles. The molecule has 1 saturated carbocycles. The van der Waals surface area contributed by atoms with Crippen LogP contribution in [-0.2, 0) is 7.05 Å². The number of pyridine rings is 1. The van der Waals surface area contributed by atoms with E-state index in [1.807, 2.05) is 12.1 Å². The van der Waals surface area contributed by atoms with Crippen LogP contribution in [0.2, 0.25) is 0 Å². The second kappa shape index (κ2) is 6.58. The Hall–Kier alpha value is -3.23. The molecular weight excluding hydrogens is 334 g/mol. The number of carbonyl (C=O) groups is 1. The molecule has 1 aliphatic rings. The Morgan fingerprint density at radius 3 is 2.92 bits per heavy atom. The van der Waals surface area contributed by atoms with Gasteiger partial charge in [0.05, 0.1) is 7.11 Å². The highest BCUT2D eigenvalue weighted by atomic mass is 16.5. The summed E-state index contributed by atoms with van der Waals surface area (Å²) in [5, 5.41) is 15.1. The second-order valence-corrected chi connectivity index (χ2v) is 6.23. The molecule has 1 N–H and O–H groups in total. The summed E-state index contributed by atoms with van der Waals surface area (Å²) in [4.78, 5) is 17.0. The van der Waals surface area contributed by atoms with Crippen LogP contribution < -0.4 is 10.1 Å². The third-order valence-corrected chi connectivity index (χ3v) is 4.49. The summed E-state index contributed by atoms with van der Waals surface area (Å²) in [5.41, 5.74) is 1.02. The minimum atomic E-state index is -0.333. The summed E-state index contributed by atoms with van der Waals surface area (Å²) in [6.45, 7) is 0. The summed E-state index contributed by atoms with van der Waals surface area (Å²) < 4.78 is 8.72. The number of nitrogens with one attached hydrogen (secondary N) is 1. The van der Waals surface area contributed by atoms with Crippen LogP contribution in [0.3, 0.4) is 0 Å². The molecule has 3 aromatic rings. The van der Waals surface area contributed by atoms with Gasteiger partial charge >= 0.3 is 0 Å². The number of ether oxygens (including phenoxy) is 1. The Labute approximate surface area is 150 Å². The SMILES string of the molecule is COc1nn(C)cc1C(=O)Nc1cccc(-c2nncn2C2CCC2)n1. The fourth-order valence-electron chi connectivity index (χ4n) is 2.95. The van der Waals surface area contributed by atoms with Crippen LogP contribution in [0.25, 0.3) is 11.5 Å². The van der Waals surface area contributed by atoms with Crippen LogP contribution in [-0.4, -0.2) is 42.5 Å². The first-order valence-electron chi connectivity index (χ1n) is 8.41. The Kier molecular flexibility index (Phi) is 4.11. The van der Waals surface area contributed by atoms with Crippen LogP contribution >= 0.6 is 0 Å². The molecule has 9 nitrogen and oxygen atoms in total. The lowest BCUT2D eigenvalue weighted by Crippen LogP contribution is -2.17. The third-order valence-electron chi connectivity index (χ3n) is 4.49. The van der Waals surface area contributed by atoms with Gasteiger partial charge in [-0.1, -0.05) is 6.07 Å². The molecule has 0 unspecified atom stereocenters. The van der Waals surface area contributed by atoms with Gasteiger partial charge in [-0.25, -0.2) is 4.98 Å². The predicted molar refractivity (Wildman–Crippen MR) is 93.9 cm³/mol. The number of rotatable bonds is 5. The molecule has 1 amide bonds. The van der Waals surface area contributed by atoms with E-state index in [4.69, 9.17) is 4.74 Å². The van der Waals surface area contributed by atoms with Crippen LogP contribution in [0.1, 0.15) is 35.7 Å². The highest BCUT2D eigenvalue weighted by Gasteiger charge is 2.23. The second-order valence-electron chi connectivity index (χ2n) is 6.23. The molecule has 9 heteroatoms. The fourth-order valence-corrected chi connectivity index (χ4v) is 2.95. The van der Waals surface area contributed by atoms with Gasteiger partial charge in [0.15, 0.2) is 5.82 Å². The van der Waals surface area contributed by atoms with Crippen molar-refractivity contribution in [3.63, 3.8) is 0 Å². The maximum atomic E-state index is 12.5. The highest BCUT2D eigenvalue weighted by molar-refractivity contribution is 6.05. The van der Waals surface area contributed by atoms with Gasteiger partial charge in [-0.05, 0) is 31.4 Å². The van der Waals surface area contributed by atoms with Crippen LogP contribution in [0.5, 0.6) is 5.88 Å². The van der Waals surface area contributed by atoms with Crippen molar-refractivity contribution in [3.05, 3.63) is 36.3 Å². The summed E-state index contributed by atoms with van der Waals surface area (Å²) >= 11 is 0. The van der Waals surface area contributed by atoms with E-state index < -0.39 is 0 Å². The topological polar surface area (TPSA) is 99.8 Å². The third kappa shape index (κ3) is 2.92. The van der Waals surface area contributed by atoms with Gasteiger partial charge in [0.25, 0.3) is 5.91 Å². The van der Waals surface area contributed by atoms with Gasteiger partial charge in [0, 0.05) is 19.3 Å². The van der Waals surface area contributed by atoms with E-state index in [0.717, 1.165) is 12.8 Å². The molecule has 26 heavy (non-hydrogen) atoms. The van der Waals surface area contributed by atoms with Gasteiger partial charge in [0.2, 0.25) is 5.88 Å². The van der Waals surface area contributed by atoms with Gasteiger partial charge in [-0.3, -0.25) is 9.48 Å². The summed E-state index contributed by atoms with van der Waals surface area (Å²) in [5.74, 6) is 1.08. The van der Waals surface area contributed by atoms with E-state index >= 15 is 0 Å². The largest absolute Gasteiger partial charge is 0.479 e. The first kappa shape index (κ1) is 16.2. The summed E-state index contributed by atoms with van der Waals surface area (Å²) in [6.07, 6.45) is 6.82. The Bertz CT molecular complexity index is 942. The quantitative estimate of drug-likeness (QED) is 0.754. The number of carbonyl (C=O) groups excluding carboxylic acids is 1. The zero-order valence-corrected chi connectivity index (χ0v) is 14.6. The molecule has 1 aliphatic carbocycles. The number of methoxy groups -OCH3 is 1. The number of nitrogens with zero attached hydrogens (tertiary/aromatic N) is 6.